The first-order chi connectivity index (χ1) is 14.2. The molecule has 30 heavy (non-hydrogen) atoms. The van der Waals surface area contributed by atoms with Crippen LogP contribution in [0.5, 0.6) is 5.75 Å². The van der Waals surface area contributed by atoms with Gasteiger partial charge in [0.2, 0.25) is 5.91 Å². The van der Waals surface area contributed by atoms with Gasteiger partial charge >= 0.3 is 0 Å². The van der Waals surface area contributed by atoms with Gasteiger partial charge in [-0.3, -0.25) is 9.59 Å². The molecule has 0 radical (unpaired) electrons. The van der Waals surface area contributed by atoms with Crippen molar-refractivity contribution in [1.29, 1.82) is 0 Å². The number of halogens is 2. The topological polar surface area (TPSA) is 58.6 Å². The predicted octanol–water partition coefficient (Wildman–Crippen LogP) is 4.98. The summed E-state index contributed by atoms with van der Waals surface area (Å²) in [5.74, 6) is 0.385. The van der Waals surface area contributed by atoms with E-state index in [-0.39, 0.29) is 18.4 Å². The van der Waals surface area contributed by atoms with Gasteiger partial charge in [-0.1, -0.05) is 55.3 Å². The number of benzene rings is 2. The molecule has 0 fully saturated rings. The minimum absolute atomic E-state index is 0.183. The van der Waals surface area contributed by atoms with Crippen LogP contribution in [0.25, 0.3) is 0 Å². The second-order valence-corrected chi connectivity index (χ2v) is 8.98. The Bertz CT molecular complexity index is 889. The smallest absolute Gasteiger partial charge is 0.261 e. The Labute approximate surface area is 191 Å². The molecule has 1 atom stereocenters. The average Bonchev–Trinajstić information content (AvgIpc) is 2.68. The zero-order valence-corrected chi connectivity index (χ0v) is 20.1. The molecular weight excluding hydrogens is 468 g/mol. The number of hydrogen-bond donors (Lipinski definition) is 1. The minimum atomic E-state index is -0.631. The number of nitrogens with one attached hydrogen (secondary N) is 1. The lowest BCUT2D eigenvalue weighted by Crippen LogP contribution is -2.49. The summed E-state index contributed by atoms with van der Waals surface area (Å²) in [5, 5.41) is 3.47. The summed E-state index contributed by atoms with van der Waals surface area (Å²) in [4.78, 5) is 27.2. The molecule has 1 N–H and O–H groups in total. The number of hydrogen-bond acceptors (Lipinski definition) is 3. The van der Waals surface area contributed by atoms with E-state index in [1.165, 1.54) is 0 Å². The number of carbonyl (C=O) groups excluding carboxylic acids is 2. The van der Waals surface area contributed by atoms with E-state index < -0.39 is 6.04 Å². The van der Waals surface area contributed by atoms with Crippen LogP contribution in [-0.4, -0.2) is 35.9 Å². The molecular formula is C23H28BrClN2O3. The predicted molar refractivity (Wildman–Crippen MR) is 124 cm³/mol. The van der Waals surface area contributed by atoms with Gasteiger partial charge < -0.3 is 15.0 Å². The maximum atomic E-state index is 13.0. The Morgan fingerprint density at radius 3 is 2.53 bits per heavy atom. The van der Waals surface area contributed by atoms with Crippen LogP contribution in [0.2, 0.25) is 5.02 Å². The lowest BCUT2D eigenvalue weighted by molar-refractivity contribution is -0.142. The maximum absolute atomic E-state index is 13.0. The van der Waals surface area contributed by atoms with E-state index >= 15 is 0 Å². The van der Waals surface area contributed by atoms with Gasteiger partial charge in [-0.15, -0.1) is 0 Å². The first-order valence-corrected chi connectivity index (χ1v) is 11.0. The second-order valence-electron chi connectivity index (χ2n) is 7.69. The van der Waals surface area contributed by atoms with Gasteiger partial charge in [-0.2, -0.15) is 0 Å². The molecule has 0 heterocycles. The Morgan fingerprint density at radius 1 is 1.17 bits per heavy atom. The first kappa shape index (κ1) is 24.2. The van der Waals surface area contributed by atoms with Crippen molar-refractivity contribution < 1.29 is 14.3 Å². The molecule has 0 spiro atoms. The van der Waals surface area contributed by atoms with Crippen molar-refractivity contribution in [3.05, 3.63) is 63.1 Å². The quantitative estimate of drug-likeness (QED) is 0.534. The number of amides is 2. The molecule has 0 bridgehead atoms. The van der Waals surface area contributed by atoms with Crippen LogP contribution < -0.4 is 10.1 Å². The van der Waals surface area contributed by atoms with Crippen molar-refractivity contribution in [3.8, 4) is 5.75 Å². The van der Waals surface area contributed by atoms with Crippen molar-refractivity contribution in [2.45, 2.75) is 40.3 Å². The first-order valence-electron chi connectivity index (χ1n) is 9.88. The Balaban J connectivity index is 2.15. The van der Waals surface area contributed by atoms with Gasteiger partial charge in [0.05, 0.1) is 4.47 Å². The lowest BCUT2D eigenvalue weighted by Gasteiger charge is -2.29. The fraction of sp³-hybridized carbons (Fsp3) is 0.391. The largest absolute Gasteiger partial charge is 0.483 e. The van der Waals surface area contributed by atoms with Crippen molar-refractivity contribution in [2.24, 2.45) is 5.92 Å². The molecule has 162 valence electrons. The monoisotopic (exact) mass is 494 g/mol. The van der Waals surface area contributed by atoms with Crippen LogP contribution in [0.3, 0.4) is 0 Å². The van der Waals surface area contributed by atoms with Gasteiger partial charge in [0.1, 0.15) is 11.8 Å². The SMILES string of the molecule is Cc1cccc(CN(C(=O)COc2ccc(Cl)cc2Br)C(C)C(=O)NCC(C)C)c1. The molecule has 2 rings (SSSR count). The van der Waals surface area contributed by atoms with Crippen LogP contribution in [0, 0.1) is 12.8 Å². The molecule has 0 aliphatic rings. The highest BCUT2D eigenvalue weighted by atomic mass is 79.9. The van der Waals surface area contributed by atoms with Crippen LogP contribution in [-0.2, 0) is 16.1 Å². The van der Waals surface area contributed by atoms with Crippen molar-refractivity contribution >= 4 is 39.3 Å². The summed E-state index contributed by atoms with van der Waals surface area (Å²) in [5.41, 5.74) is 2.05. The maximum Gasteiger partial charge on any atom is 0.261 e. The van der Waals surface area contributed by atoms with Crippen LogP contribution in [0.4, 0.5) is 0 Å². The normalized spacial score (nSPS) is 11.8. The molecule has 0 saturated carbocycles. The highest BCUT2D eigenvalue weighted by Gasteiger charge is 2.26. The highest BCUT2D eigenvalue weighted by molar-refractivity contribution is 9.10. The summed E-state index contributed by atoms with van der Waals surface area (Å²) in [6.45, 7) is 8.48. The van der Waals surface area contributed by atoms with E-state index in [9.17, 15) is 9.59 Å². The summed E-state index contributed by atoms with van der Waals surface area (Å²) >= 11 is 9.34. The molecule has 0 aromatic heterocycles. The number of ether oxygens (including phenoxy) is 1. The molecule has 5 nitrogen and oxygen atoms in total. The van der Waals surface area contributed by atoms with Gasteiger partial charge in [0, 0.05) is 18.1 Å². The Morgan fingerprint density at radius 2 is 1.90 bits per heavy atom. The zero-order chi connectivity index (χ0) is 22.3. The van der Waals surface area contributed by atoms with Crippen LogP contribution in [0.1, 0.15) is 31.9 Å². The zero-order valence-electron chi connectivity index (χ0n) is 17.7. The van der Waals surface area contributed by atoms with E-state index in [0.717, 1.165) is 11.1 Å². The van der Waals surface area contributed by atoms with Crippen molar-refractivity contribution in [1.82, 2.24) is 10.2 Å². The van der Waals surface area contributed by atoms with E-state index in [4.69, 9.17) is 16.3 Å². The number of carbonyl (C=O) groups is 2. The second kappa shape index (κ2) is 11.4. The molecule has 0 aliphatic heterocycles. The third kappa shape index (κ3) is 7.33. The van der Waals surface area contributed by atoms with Gasteiger partial charge in [-0.25, -0.2) is 0 Å². The lowest BCUT2D eigenvalue weighted by atomic mass is 10.1. The summed E-state index contributed by atoms with van der Waals surface area (Å²) in [7, 11) is 0. The molecule has 2 aromatic carbocycles. The number of nitrogens with zero attached hydrogens (tertiary/aromatic N) is 1. The Kier molecular flexibility index (Phi) is 9.18. The van der Waals surface area contributed by atoms with Crippen LogP contribution in [0.15, 0.2) is 46.9 Å². The summed E-state index contributed by atoms with van der Waals surface area (Å²) in [6.07, 6.45) is 0. The summed E-state index contributed by atoms with van der Waals surface area (Å²) < 4.78 is 6.36. The van der Waals surface area contributed by atoms with E-state index in [0.29, 0.717) is 34.3 Å². The van der Waals surface area contributed by atoms with Crippen molar-refractivity contribution in [3.63, 3.8) is 0 Å². The molecule has 2 aromatic rings. The Hall–Kier alpha value is -2.05. The van der Waals surface area contributed by atoms with E-state index in [1.54, 1.807) is 30.0 Å². The van der Waals surface area contributed by atoms with Gasteiger partial charge in [-0.05, 0) is 59.5 Å². The van der Waals surface area contributed by atoms with E-state index in [2.05, 4.69) is 21.2 Å². The molecule has 2 amide bonds. The minimum Gasteiger partial charge on any atom is -0.483 e. The number of rotatable bonds is 9. The third-order valence-corrected chi connectivity index (χ3v) is 5.39. The van der Waals surface area contributed by atoms with Gasteiger partial charge in [0.25, 0.3) is 5.91 Å². The third-order valence-electron chi connectivity index (χ3n) is 4.53. The standard InChI is InChI=1S/C23H28BrClN2O3/c1-15(2)12-26-23(29)17(4)27(13-18-7-5-6-16(3)10-18)22(28)14-30-21-9-8-19(25)11-20(21)24/h5-11,15,17H,12-14H2,1-4H3,(H,26,29). The fourth-order valence-corrected chi connectivity index (χ4v) is 3.65. The molecule has 0 saturated heterocycles. The van der Waals surface area contributed by atoms with E-state index in [1.807, 2.05) is 45.0 Å². The highest BCUT2D eigenvalue weighted by Crippen LogP contribution is 2.28. The van der Waals surface area contributed by atoms with Gasteiger partial charge in [0.15, 0.2) is 6.61 Å². The van der Waals surface area contributed by atoms with Crippen molar-refractivity contribution in [2.75, 3.05) is 13.2 Å². The summed E-state index contributed by atoms with van der Waals surface area (Å²) in [6, 6.07) is 12.4. The average molecular weight is 496 g/mol. The van der Waals surface area contributed by atoms with Crippen LogP contribution >= 0.6 is 27.5 Å². The molecule has 7 heteroatoms. The number of aryl methyl sites for hydroxylation is 1. The fourth-order valence-electron chi connectivity index (χ4n) is 2.86. The molecule has 1 unspecified atom stereocenters. The molecule has 0 aliphatic carbocycles.